The fraction of sp³-hybridized carbons (Fsp3) is 0.500. The average Bonchev–Trinajstić information content (AvgIpc) is 3.02. The Morgan fingerprint density at radius 2 is 1.96 bits per heavy atom. The van der Waals surface area contributed by atoms with Crippen molar-refractivity contribution in [2.24, 2.45) is 16.8 Å². The predicted octanol–water partition coefficient (Wildman–Crippen LogP) is 1.39. The molecule has 1 aromatic rings. The topological polar surface area (TPSA) is 83.0 Å². The van der Waals surface area contributed by atoms with Gasteiger partial charge in [0.25, 0.3) is 5.91 Å². The molecule has 1 aromatic carbocycles. The maximum Gasteiger partial charge on any atom is 0.310 e. The Morgan fingerprint density at radius 1 is 1.27 bits per heavy atom. The van der Waals surface area contributed by atoms with Gasteiger partial charge in [-0.2, -0.15) is 0 Å². The van der Waals surface area contributed by atoms with Crippen molar-refractivity contribution in [1.29, 1.82) is 0 Å². The molecule has 0 saturated carbocycles. The lowest BCUT2D eigenvalue weighted by atomic mass is 9.99. The largest absolute Gasteiger partial charge is 0.469 e. The number of hydrogen-bond donors (Lipinski definition) is 2. The second-order valence-corrected chi connectivity index (χ2v) is 6.63. The molecule has 0 aliphatic carbocycles. The molecule has 1 heterocycles. The zero-order valence-corrected chi connectivity index (χ0v) is 16.0. The molecule has 2 N–H and O–H groups in total. The van der Waals surface area contributed by atoms with E-state index >= 15 is 0 Å². The molecule has 2 unspecified atom stereocenters. The van der Waals surface area contributed by atoms with Crippen molar-refractivity contribution < 1.29 is 14.3 Å². The molecule has 7 nitrogen and oxygen atoms in total. The van der Waals surface area contributed by atoms with Gasteiger partial charge in [-0.1, -0.05) is 30.7 Å². The maximum atomic E-state index is 12.1. The molecule has 2 atom stereocenters. The summed E-state index contributed by atoms with van der Waals surface area (Å²) in [6.45, 7) is 4.26. The van der Waals surface area contributed by atoms with E-state index in [0.29, 0.717) is 36.2 Å². The van der Waals surface area contributed by atoms with Crippen molar-refractivity contribution in [1.82, 2.24) is 15.5 Å². The summed E-state index contributed by atoms with van der Waals surface area (Å²) in [4.78, 5) is 30.2. The smallest absolute Gasteiger partial charge is 0.310 e. The fourth-order valence-electron chi connectivity index (χ4n) is 3.02. The molecule has 142 valence electrons. The number of hydrogen-bond acceptors (Lipinski definition) is 4. The van der Waals surface area contributed by atoms with Gasteiger partial charge < -0.3 is 20.3 Å². The Bertz CT molecular complexity index is 680. The molecule has 0 spiro atoms. The van der Waals surface area contributed by atoms with Crippen LogP contribution in [-0.4, -0.2) is 63.1 Å². The third-order valence-electron chi connectivity index (χ3n) is 4.44. The summed E-state index contributed by atoms with van der Waals surface area (Å²) in [5, 5.41) is 6.45. The summed E-state index contributed by atoms with van der Waals surface area (Å²) in [5.74, 6) is 0.338. The van der Waals surface area contributed by atoms with Crippen molar-refractivity contribution in [2.45, 2.75) is 6.92 Å². The van der Waals surface area contributed by atoms with Gasteiger partial charge in [-0.15, -0.1) is 0 Å². The SMILES string of the molecule is CN=C(NCCNC(=O)c1ccccc1Cl)N1CC(C)C(C(=O)OC)C1. The van der Waals surface area contributed by atoms with Gasteiger partial charge in [0.15, 0.2) is 5.96 Å². The molecule has 8 heteroatoms. The molecule has 1 fully saturated rings. The number of guanidine groups is 1. The number of nitrogens with one attached hydrogen (secondary N) is 2. The van der Waals surface area contributed by atoms with E-state index in [9.17, 15) is 9.59 Å². The number of esters is 1. The van der Waals surface area contributed by atoms with Gasteiger partial charge in [-0.05, 0) is 18.1 Å². The minimum Gasteiger partial charge on any atom is -0.469 e. The molecule has 26 heavy (non-hydrogen) atoms. The number of likely N-dealkylation sites (tertiary alicyclic amines) is 1. The van der Waals surface area contributed by atoms with Crippen LogP contribution < -0.4 is 10.6 Å². The van der Waals surface area contributed by atoms with Crippen LogP contribution in [0.15, 0.2) is 29.3 Å². The van der Waals surface area contributed by atoms with Crippen molar-refractivity contribution in [3.8, 4) is 0 Å². The normalized spacial score (nSPS) is 20.0. The lowest BCUT2D eigenvalue weighted by Gasteiger charge is -2.21. The number of rotatable bonds is 5. The Labute approximate surface area is 158 Å². The zero-order valence-electron chi connectivity index (χ0n) is 15.3. The Kier molecular flexibility index (Phi) is 7.26. The van der Waals surface area contributed by atoms with Crippen molar-refractivity contribution in [3.63, 3.8) is 0 Å². The van der Waals surface area contributed by atoms with Crippen molar-refractivity contribution >= 4 is 29.4 Å². The fourth-order valence-corrected chi connectivity index (χ4v) is 3.24. The van der Waals surface area contributed by atoms with Crippen LogP contribution in [0.2, 0.25) is 5.02 Å². The maximum absolute atomic E-state index is 12.1. The molecule has 2 rings (SSSR count). The minimum absolute atomic E-state index is 0.154. The monoisotopic (exact) mass is 380 g/mol. The molecule has 1 aliphatic rings. The summed E-state index contributed by atoms with van der Waals surface area (Å²) in [6.07, 6.45) is 0. The highest BCUT2D eigenvalue weighted by molar-refractivity contribution is 6.33. The second-order valence-electron chi connectivity index (χ2n) is 6.22. The number of halogens is 1. The first-order valence-electron chi connectivity index (χ1n) is 8.54. The first kappa shape index (κ1) is 20.0. The van der Waals surface area contributed by atoms with E-state index in [-0.39, 0.29) is 23.7 Å². The number of carbonyl (C=O) groups is 2. The highest BCUT2D eigenvalue weighted by Gasteiger charge is 2.36. The van der Waals surface area contributed by atoms with Gasteiger partial charge in [-0.25, -0.2) is 0 Å². The van der Waals surface area contributed by atoms with Gasteiger partial charge in [0, 0.05) is 33.2 Å². The van der Waals surface area contributed by atoms with Crippen molar-refractivity contribution in [3.05, 3.63) is 34.9 Å². The number of ether oxygens (including phenoxy) is 1. The Hall–Kier alpha value is -2.28. The number of benzene rings is 1. The van der Waals surface area contributed by atoms with E-state index in [2.05, 4.69) is 15.6 Å². The lowest BCUT2D eigenvalue weighted by molar-refractivity contribution is -0.145. The summed E-state index contributed by atoms with van der Waals surface area (Å²) in [6, 6.07) is 6.92. The number of aliphatic imine (C=N–C) groups is 1. The molecular formula is C18H25ClN4O3. The highest BCUT2D eigenvalue weighted by Crippen LogP contribution is 2.24. The third-order valence-corrected chi connectivity index (χ3v) is 4.77. The van der Waals surface area contributed by atoms with Crippen LogP contribution in [0.25, 0.3) is 0 Å². The first-order valence-corrected chi connectivity index (χ1v) is 8.91. The standard InChI is InChI=1S/C18H25ClN4O3/c1-12-10-23(11-14(12)17(25)26-3)18(20-2)22-9-8-21-16(24)13-6-4-5-7-15(13)19/h4-7,12,14H,8-11H2,1-3H3,(H,20,22)(H,21,24). The van der Waals surface area contributed by atoms with Crippen LogP contribution in [0.1, 0.15) is 17.3 Å². The van der Waals surface area contributed by atoms with Crippen LogP contribution in [0.4, 0.5) is 0 Å². The predicted molar refractivity (Wildman–Crippen MR) is 101 cm³/mol. The van der Waals surface area contributed by atoms with Gasteiger partial charge in [-0.3, -0.25) is 14.6 Å². The average molecular weight is 381 g/mol. The number of nitrogens with zero attached hydrogens (tertiary/aromatic N) is 2. The van der Waals surface area contributed by atoms with Gasteiger partial charge >= 0.3 is 5.97 Å². The summed E-state index contributed by atoms with van der Waals surface area (Å²) < 4.78 is 4.86. The van der Waals surface area contributed by atoms with Crippen LogP contribution in [0.5, 0.6) is 0 Å². The third kappa shape index (κ3) is 4.88. The summed E-state index contributed by atoms with van der Waals surface area (Å²) in [5.41, 5.74) is 0.452. The van der Waals surface area contributed by atoms with E-state index in [1.165, 1.54) is 7.11 Å². The molecule has 1 aliphatic heterocycles. The van der Waals surface area contributed by atoms with Gasteiger partial charge in [0.05, 0.1) is 23.6 Å². The van der Waals surface area contributed by atoms with E-state index in [0.717, 1.165) is 6.54 Å². The summed E-state index contributed by atoms with van der Waals surface area (Å²) >= 11 is 6.02. The molecular weight excluding hydrogens is 356 g/mol. The molecule has 0 bridgehead atoms. The minimum atomic E-state index is -0.215. The first-order chi connectivity index (χ1) is 12.5. The van der Waals surface area contributed by atoms with Gasteiger partial charge in [0.2, 0.25) is 0 Å². The number of carbonyl (C=O) groups excluding carboxylic acids is 2. The van der Waals surface area contributed by atoms with Crippen LogP contribution in [0.3, 0.4) is 0 Å². The van der Waals surface area contributed by atoms with Crippen LogP contribution >= 0.6 is 11.6 Å². The van der Waals surface area contributed by atoms with E-state index in [1.807, 2.05) is 11.8 Å². The molecule has 0 radical (unpaired) electrons. The van der Waals surface area contributed by atoms with Crippen LogP contribution in [-0.2, 0) is 9.53 Å². The Balaban J connectivity index is 1.80. The quantitative estimate of drug-likeness (QED) is 0.349. The molecule has 1 saturated heterocycles. The Morgan fingerprint density at radius 3 is 2.62 bits per heavy atom. The molecule has 0 aromatic heterocycles. The van der Waals surface area contributed by atoms with Crippen molar-refractivity contribution in [2.75, 3.05) is 40.3 Å². The van der Waals surface area contributed by atoms with Crippen LogP contribution in [0, 0.1) is 11.8 Å². The lowest BCUT2D eigenvalue weighted by Crippen LogP contribution is -2.43. The van der Waals surface area contributed by atoms with E-state index in [1.54, 1.807) is 31.3 Å². The van der Waals surface area contributed by atoms with Gasteiger partial charge in [0.1, 0.15) is 0 Å². The van der Waals surface area contributed by atoms with E-state index < -0.39 is 0 Å². The zero-order chi connectivity index (χ0) is 19.1. The summed E-state index contributed by atoms with van der Waals surface area (Å²) in [7, 11) is 3.10. The highest BCUT2D eigenvalue weighted by atomic mass is 35.5. The number of amides is 1. The van der Waals surface area contributed by atoms with E-state index in [4.69, 9.17) is 16.3 Å². The number of methoxy groups -OCH3 is 1. The second kappa shape index (κ2) is 9.43. The molecule has 1 amide bonds.